The molecule has 4 nitrogen and oxygen atoms in total. The summed E-state index contributed by atoms with van der Waals surface area (Å²) in [6.45, 7) is 2.24. The van der Waals surface area contributed by atoms with Crippen molar-refractivity contribution in [1.29, 1.82) is 0 Å². The third-order valence-electron chi connectivity index (χ3n) is 2.91. The minimum absolute atomic E-state index is 0.0206. The number of carbonyl (C=O) groups excluding carboxylic acids is 1. The topological polar surface area (TPSA) is 49.8 Å². The van der Waals surface area contributed by atoms with E-state index in [1.54, 1.807) is 44.2 Å². The van der Waals surface area contributed by atoms with Gasteiger partial charge in [-0.1, -0.05) is 17.7 Å². The summed E-state index contributed by atoms with van der Waals surface area (Å²) in [5.41, 5.74) is 0.774. The van der Waals surface area contributed by atoms with Gasteiger partial charge in [0.05, 0.1) is 19.6 Å². The second-order valence-electron chi connectivity index (χ2n) is 4.59. The van der Waals surface area contributed by atoms with Crippen molar-refractivity contribution in [3.8, 4) is 5.75 Å². The van der Waals surface area contributed by atoms with E-state index in [4.69, 9.17) is 16.3 Å². The molecule has 1 aromatic carbocycles. The highest BCUT2D eigenvalue weighted by Gasteiger charge is 2.13. The standard InChI is InChI=1S/C14H20ClNO3/c1-10(17)6-7-16(2)14(18)8-11-4-5-12(19-3)9-13(11)15/h4-5,9-10,17H,6-8H2,1-3H3. The summed E-state index contributed by atoms with van der Waals surface area (Å²) in [6.07, 6.45) is 0.414. The number of rotatable bonds is 6. The molecule has 0 spiro atoms. The van der Waals surface area contributed by atoms with Crippen LogP contribution in [0.1, 0.15) is 18.9 Å². The molecule has 0 radical (unpaired) electrons. The molecule has 1 amide bonds. The number of aliphatic hydroxyl groups is 1. The van der Waals surface area contributed by atoms with Crippen LogP contribution in [0.25, 0.3) is 0 Å². The molecule has 0 saturated heterocycles. The average molecular weight is 286 g/mol. The molecule has 0 aliphatic rings. The second kappa shape index (κ2) is 7.36. The summed E-state index contributed by atoms with van der Waals surface area (Å²) in [4.78, 5) is 13.6. The van der Waals surface area contributed by atoms with Crippen LogP contribution >= 0.6 is 11.6 Å². The number of methoxy groups -OCH3 is 1. The van der Waals surface area contributed by atoms with Crippen LogP contribution in [0.3, 0.4) is 0 Å². The van der Waals surface area contributed by atoms with E-state index in [0.717, 1.165) is 5.56 Å². The zero-order valence-electron chi connectivity index (χ0n) is 11.5. The highest BCUT2D eigenvalue weighted by atomic mass is 35.5. The van der Waals surface area contributed by atoms with Crippen LogP contribution in [0.15, 0.2) is 18.2 Å². The first-order chi connectivity index (χ1) is 8.93. The fraction of sp³-hybridized carbons (Fsp3) is 0.500. The highest BCUT2D eigenvalue weighted by Crippen LogP contribution is 2.23. The minimum Gasteiger partial charge on any atom is -0.497 e. The summed E-state index contributed by atoms with van der Waals surface area (Å²) in [6, 6.07) is 5.27. The lowest BCUT2D eigenvalue weighted by Crippen LogP contribution is -2.30. The lowest BCUT2D eigenvalue weighted by Gasteiger charge is -2.18. The van der Waals surface area contributed by atoms with Crippen LogP contribution < -0.4 is 4.74 Å². The molecule has 19 heavy (non-hydrogen) atoms. The molecular formula is C14H20ClNO3. The molecule has 0 heterocycles. The fourth-order valence-electron chi connectivity index (χ4n) is 1.60. The van der Waals surface area contributed by atoms with Gasteiger partial charge in [0.25, 0.3) is 0 Å². The molecule has 1 rings (SSSR count). The third-order valence-corrected chi connectivity index (χ3v) is 3.26. The first-order valence-electron chi connectivity index (χ1n) is 6.18. The number of aliphatic hydroxyl groups excluding tert-OH is 1. The van der Waals surface area contributed by atoms with Gasteiger partial charge in [-0.3, -0.25) is 4.79 Å². The molecule has 0 aliphatic carbocycles. The maximum Gasteiger partial charge on any atom is 0.226 e. The van der Waals surface area contributed by atoms with E-state index in [1.165, 1.54) is 0 Å². The molecule has 0 bridgehead atoms. The van der Waals surface area contributed by atoms with Crippen molar-refractivity contribution in [1.82, 2.24) is 4.90 Å². The monoisotopic (exact) mass is 285 g/mol. The predicted octanol–water partition coefficient (Wildman–Crippen LogP) is 2.12. The fourth-order valence-corrected chi connectivity index (χ4v) is 1.84. The van der Waals surface area contributed by atoms with E-state index in [1.807, 2.05) is 0 Å². The Kier molecular flexibility index (Phi) is 6.12. The predicted molar refractivity (Wildman–Crippen MR) is 75.6 cm³/mol. The largest absolute Gasteiger partial charge is 0.497 e. The van der Waals surface area contributed by atoms with Gasteiger partial charge in [-0.25, -0.2) is 0 Å². The summed E-state index contributed by atoms with van der Waals surface area (Å²) >= 11 is 6.09. The van der Waals surface area contributed by atoms with Crippen LogP contribution in [0, 0.1) is 0 Å². The van der Waals surface area contributed by atoms with Crippen molar-refractivity contribution in [3.63, 3.8) is 0 Å². The molecule has 0 fully saturated rings. The first-order valence-corrected chi connectivity index (χ1v) is 6.56. The molecule has 0 aliphatic heterocycles. The molecular weight excluding hydrogens is 266 g/mol. The van der Waals surface area contributed by atoms with Crippen LogP contribution in [0.2, 0.25) is 5.02 Å². The quantitative estimate of drug-likeness (QED) is 0.871. The molecule has 1 N–H and O–H groups in total. The maximum absolute atomic E-state index is 12.0. The van der Waals surface area contributed by atoms with Gasteiger partial charge >= 0.3 is 0 Å². The van der Waals surface area contributed by atoms with Gasteiger partial charge in [-0.2, -0.15) is 0 Å². The Labute approximate surface area is 118 Å². The van der Waals surface area contributed by atoms with E-state index in [-0.39, 0.29) is 12.3 Å². The van der Waals surface area contributed by atoms with Gasteiger partial charge in [-0.15, -0.1) is 0 Å². The Bertz CT molecular complexity index is 435. The zero-order valence-corrected chi connectivity index (χ0v) is 12.3. The van der Waals surface area contributed by atoms with Crippen molar-refractivity contribution in [2.45, 2.75) is 25.9 Å². The molecule has 5 heteroatoms. The molecule has 0 saturated carbocycles. The van der Waals surface area contributed by atoms with E-state index in [0.29, 0.717) is 23.7 Å². The van der Waals surface area contributed by atoms with Crippen molar-refractivity contribution in [2.24, 2.45) is 0 Å². The van der Waals surface area contributed by atoms with Crippen molar-refractivity contribution < 1.29 is 14.6 Å². The van der Waals surface area contributed by atoms with Crippen LogP contribution in [-0.4, -0.2) is 42.7 Å². The highest BCUT2D eigenvalue weighted by molar-refractivity contribution is 6.31. The number of ether oxygens (including phenoxy) is 1. The van der Waals surface area contributed by atoms with Gasteiger partial charge in [0.1, 0.15) is 5.75 Å². The first kappa shape index (κ1) is 15.8. The van der Waals surface area contributed by atoms with Crippen molar-refractivity contribution in [2.75, 3.05) is 20.7 Å². The zero-order chi connectivity index (χ0) is 14.4. The normalized spacial score (nSPS) is 12.1. The average Bonchev–Trinajstić information content (AvgIpc) is 2.37. The van der Waals surface area contributed by atoms with Gasteiger partial charge in [0.2, 0.25) is 5.91 Å². The number of likely N-dealkylation sites (N-methyl/N-ethyl adjacent to an activating group) is 1. The molecule has 0 aromatic heterocycles. The summed E-state index contributed by atoms with van der Waals surface area (Å²) < 4.78 is 5.06. The number of benzene rings is 1. The second-order valence-corrected chi connectivity index (χ2v) is 4.99. The minimum atomic E-state index is -0.403. The number of amides is 1. The van der Waals surface area contributed by atoms with E-state index >= 15 is 0 Å². The molecule has 1 unspecified atom stereocenters. The molecule has 1 aromatic rings. The van der Waals surface area contributed by atoms with Gasteiger partial charge in [-0.05, 0) is 31.0 Å². The van der Waals surface area contributed by atoms with Crippen molar-refractivity contribution in [3.05, 3.63) is 28.8 Å². The van der Waals surface area contributed by atoms with E-state index in [9.17, 15) is 9.90 Å². The SMILES string of the molecule is COc1ccc(CC(=O)N(C)CCC(C)O)c(Cl)c1. The molecule has 106 valence electrons. The number of hydrogen-bond donors (Lipinski definition) is 1. The smallest absolute Gasteiger partial charge is 0.226 e. The third kappa shape index (κ3) is 5.09. The Morgan fingerprint density at radius 1 is 1.53 bits per heavy atom. The van der Waals surface area contributed by atoms with Gasteiger partial charge in [0.15, 0.2) is 0 Å². The van der Waals surface area contributed by atoms with E-state index in [2.05, 4.69) is 0 Å². The van der Waals surface area contributed by atoms with Gasteiger partial charge in [0, 0.05) is 18.6 Å². The van der Waals surface area contributed by atoms with Crippen LogP contribution in [0.5, 0.6) is 5.75 Å². The van der Waals surface area contributed by atoms with Crippen molar-refractivity contribution >= 4 is 17.5 Å². The summed E-state index contributed by atoms with van der Waals surface area (Å²) in [5.74, 6) is 0.649. The van der Waals surface area contributed by atoms with Crippen LogP contribution in [0.4, 0.5) is 0 Å². The number of halogens is 1. The Hall–Kier alpha value is -1.26. The Morgan fingerprint density at radius 3 is 2.74 bits per heavy atom. The summed E-state index contributed by atoms with van der Waals surface area (Å²) in [5, 5.41) is 9.73. The lowest BCUT2D eigenvalue weighted by molar-refractivity contribution is -0.129. The Balaban J connectivity index is 2.61. The Morgan fingerprint density at radius 2 is 2.21 bits per heavy atom. The molecule has 1 atom stereocenters. The number of hydrogen-bond acceptors (Lipinski definition) is 3. The summed E-state index contributed by atoms with van der Waals surface area (Å²) in [7, 11) is 3.29. The number of carbonyl (C=O) groups is 1. The lowest BCUT2D eigenvalue weighted by atomic mass is 10.1. The number of nitrogens with zero attached hydrogens (tertiary/aromatic N) is 1. The maximum atomic E-state index is 12.0. The van der Waals surface area contributed by atoms with Gasteiger partial charge < -0.3 is 14.7 Å². The van der Waals surface area contributed by atoms with E-state index < -0.39 is 6.10 Å². The van der Waals surface area contributed by atoms with Crippen LogP contribution in [-0.2, 0) is 11.2 Å².